The van der Waals surface area contributed by atoms with Gasteiger partial charge in [0.1, 0.15) is 0 Å². The Labute approximate surface area is 92.4 Å². The molecular formula is C9H14N2O3S. The van der Waals surface area contributed by atoms with E-state index < -0.39 is 6.10 Å². The fourth-order valence-electron chi connectivity index (χ4n) is 2.06. The maximum Gasteiger partial charge on any atom is 0.289 e. The second-order valence-corrected chi connectivity index (χ2v) is 4.93. The number of nitrogens with zero attached hydrogens (tertiary/aromatic N) is 2. The molecule has 2 rings (SSSR count). The van der Waals surface area contributed by atoms with E-state index in [1.807, 2.05) is 11.9 Å². The summed E-state index contributed by atoms with van der Waals surface area (Å²) in [6, 6.07) is -0.323. The molecular weight excluding hydrogens is 216 g/mol. The normalized spacial score (nSPS) is 33.9. The Balaban J connectivity index is 2.09. The van der Waals surface area contributed by atoms with Crippen LogP contribution in [0.15, 0.2) is 0 Å². The van der Waals surface area contributed by atoms with Crippen molar-refractivity contribution in [3.05, 3.63) is 0 Å². The van der Waals surface area contributed by atoms with Crippen LogP contribution in [-0.4, -0.2) is 64.1 Å². The maximum absolute atomic E-state index is 11.5. The van der Waals surface area contributed by atoms with Crippen molar-refractivity contribution in [2.45, 2.75) is 18.6 Å². The monoisotopic (exact) mass is 230 g/mol. The topological polar surface area (TPSA) is 60.9 Å². The van der Waals surface area contributed by atoms with Gasteiger partial charge in [-0.25, -0.2) is 0 Å². The molecule has 0 bridgehead atoms. The number of piperidine rings is 1. The number of likely N-dealkylation sites (tertiary alicyclic amines) is 1. The first-order chi connectivity index (χ1) is 7.09. The van der Waals surface area contributed by atoms with Gasteiger partial charge < -0.3 is 10.0 Å². The van der Waals surface area contributed by atoms with Gasteiger partial charge in [0.15, 0.2) is 0 Å². The highest BCUT2D eigenvalue weighted by atomic mass is 32.2. The Kier molecular flexibility index (Phi) is 2.99. The lowest BCUT2D eigenvalue weighted by molar-refractivity contribution is -0.129. The van der Waals surface area contributed by atoms with Gasteiger partial charge in [0.25, 0.3) is 5.24 Å². The van der Waals surface area contributed by atoms with Gasteiger partial charge in [0.2, 0.25) is 5.91 Å². The molecule has 2 amide bonds. The van der Waals surface area contributed by atoms with Crippen LogP contribution in [0, 0.1) is 0 Å². The number of β-amino-alcohol motifs (C(OH)–C–C–N with tert-alkyl or cyclic N) is 1. The zero-order chi connectivity index (χ0) is 11.0. The summed E-state index contributed by atoms with van der Waals surface area (Å²) in [7, 11) is 1.92. The smallest absolute Gasteiger partial charge is 0.289 e. The molecule has 0 radical (unpaired) electrons. The largest absolute Gasteiger partial charge is 0.390 e. The molecule has 0 aliphatic carbocycles. The summed E-state index contributed by atoms with van der Waals surface area (Å²) in [6.07, 6.45) is 0.0470. The van der Waals surface area contributed by atoms with Gasteiger partial charge in [-0.3, -0.25) is 14.5 Å². The molecule has 0 aromatic heterocycles. The van der Waals surface area contributed by atoms with Crippen molar-refractivity contribution >= 4 is 22.9 Å². The van der Waals surface area contributed by atoms with Crippen molar-refractivity contribution in [2.75, 3.05) is 25.9 Å². The minimum absolute atomic E-state index is 0.168. The molecule has 2 fully saturated rings. The fraction of sp³-hybridized carbons (Fsp3) is 0.778. The number of hydrogen-bond donors (Lipinski definition) is 1. The second kappa shape index (κ2) is 4.11. The number of rotatable bonds is 1. The minimum atomic E-state index is -0.615. The number of imide groups is 1. The van der Waals surface area contributed by atoms with E-state index in [4.69, 9.17) is 0 Å². The molecule has 0 aromatic carbocycles. The molecule has 0 saturated carbocycles. The molecule has 0 spiro atoms. The Morgan fingerprint density at radius 2 is 2.20 bits per heavy atom. The molecule has 0 aromatic rings. The van der Waals surface area contributed by atoms with E-state index in [0.717, 1.165) is 18.3 Å². The van der Waals surface area contributed by atoms with Gasteiger partial charge in [-0.05, 0) is 13.5 Å². The third kappa shape index (κ3) is 2.02. The minimum Gasteiger partial charge on any atom is -0.390 e. The average Bonchev–Trinajstić information content (AvgIpc) is 2.48. The summed E-state index contributed by atoms with van der Waals surface area (Å²) in [5, 5.41) is 9.62. The molecule has 1 N–H and O–H groups in total. The number of aliphatic hydroxyl groups is 1. The van der Waals surface area contributed by atoms with Gasteiger partial charge in [0.05, 0.1) is 17.9 Å². The van der Waals surface area contributed by atoms with Crippen molar-refractivity contribution in [2.24, 2.45) is 0 Å². The van der Waals surface area contributed by atoms with Crippen LogP contribution in [0.1, 0.15) is 6.42 Å². The molecule has 2 heterocycles. The fourth-order valence-corrected chi connectivity index (χ4v) is 2.83. The van der Waals surface area contributed by atoms with Crippen LogP contribution in [0.2, 0.25) is 0 Å². The first-order valence-electron chi connectivity index (χ1n) is 4.95. The van der Waals surface area contributed by atoms with Gasteiger partial charge >= 0.3 is 0 Å². The molecule has 84 valence electrons. The first-order valence-corrected chi connectivity index (χ1v) is 5.93. The van der Waals surface area contributed by atoms with Crippen LogP contribution >= 0.6 is 11.8 Å². The molecule has 2 atom stereocenters. The summed E-state index contributed by atoms with van der Waals surface area (Å²) in [5.74, 6) is 0.0522. The second-order valence-electron chi connectivity index (χ2n) is 4.00. The molecule has 15 heavy (non-hydrogen) atoms. The number of thioether (sulfide) groups is 1. The summed E-state index contributed by atoms with van der Waals surface area (Å²) >= 11 is 1.02. The average molecular weight is 230 g/mol. The highest BCUT2D eigenvalue weighted by Crippen LogP contribution is 2.26. The van der Waals surface area contributed by atoms with Crippen molar-refractivity contribution in [1.82, 2.24) is 9.80 Å². The number of aliphatic hydroxyl groups excluding tert-OH is 1. The van der Waals surface area contributed by atoms with E-state index in [1.54, 1.807) is 0 Å². The van der Waals surface area contributed by atoms with Crippen molar-refractivity contribution < 1.29 is 14.7 Å². The quantitative estimate of drug-likeness (QED) is 0.673. The van der Waals surface area contributed by atoms with E-state index in [0.29, 0.717) is 13.0 Å². The lowest BCUT2D eigenvalue weighted by Crippen LogP contribution is -2.54. The molecule has 0 unspecified atom stereocenters. The third-order valence-electron chi connectivity index (χ3n) is 2.87. The van der Waals surface area contributed by atoms with E-state index in [1.165, 1.54) is 4.90 Å². The summed E-state index contributed by atoms with van der Waals surface area (Å²) in [5.41, 5.74) is 0. The van der Waals surface area contributed by atoms with Gasteiger partial charge in [0, 0.05) is 13.1 Å². The Hall–Kier alpha value is -0.590. The molecule has 2 aliphatic rings. The van der Waals surface area contributed by atoms with Gasteiger partial charge in [-0.15, -0.1) is 0 Å². The van der Waals surface area contributed by atoms with Gasteiger partial charge in [-0.2, -0.15) is 0 Å². The highest BCUT2D eigenvalue weighted by Gasteiger charge is 2.40. The van der Waals surface area contributed by atoms with Crippen molar-refractivity contribution in [3.63, 3.8) is 0 Å². The van der Waals surface area contributed by atoms with Crippen LogP contribution in [0.25, 0.3) is 0 Å². The maximum atomic E-state index is 11.5. The summed E-state index contributed by atoms with van der Waals surface area (Å²) < 4.78 is 0. The Morgan fingerprint density at radius 1 is 1.47 bits per heavy atom. The first kappa shape index (κ1) is 10.9. The summed E-state index contributed by atoms with van der Waals surface area (Å²) in [6.45, 7) is 1.33. The van der Waals surface area contributed by atoms with Crippen molar-refractivity contribution in [3.8, 4) is 0 Å². The standard InChI is InChI=1S/C9H14N2O3S/c1-10-3-2-6(7(12)4-10)11-8(13)5-15-9(11)14/h6-7,12H,2-5H2,1H3/t6-,7-/m0/s1. The Morgan fingerprint density at radius 3 is 2.73 bits per heavy atom. The molecule has 2 aliphatic heterocycles. The number of carbonyl (C=O) groups is 2. The molecule has 2 saturated heterocycles. The van der Waals surface area contributed by atoms with Crippen LogP contribution in [-0.2, 0) is 4.79 Å². The van der Waals surface area contributed by atoms with Crippen LogP contribution in [0.4, 0.5) is 4.79 Å². The van der Waals surface area contributed by atoms with Crippen LogP contribution in [0.3, 0.4) is 0 Å². The lowest BCUT2D eigenvalue weighted by Gasteiger charge is -2.37. The lowest BCUT2D eigenvalue weighted by atomic mass is 10.0. The Bertz CT molecular complexity index is 281. The molecule has 6 heteroatoms. The number of amides is 2. The zero-order valence-corrected chi connectivity index (χ0v) is 9.37. The number of hydrogen-bond acceptors (Lipinski definition) is 5. The van der Waals surface area contributed by atoms with Crippen molar-refractivity contribution in [1.29, 1.82) is 0 Å². The predicted octanol–water partition coefficient (Wildman–Crippen LogP) is -0.253. The van der Waals surface area contributed by atoms with E-state index >= 15 is 0 Å². The number of likely N-dealkylation sites (N-methyl/N-ethyl adjacent to an activating group) is 1. The zero-order valence-electron chi connectivity index (χ0n) is 8.55. The van der Waals surface area contributed by atoms with Gasteiger partial charge in [-0.1, -0.05) is 11.8 Å². The van der Waals surface area contributed by atoms with E-state index in [9.17, 15) is 14.7 Å². The molecule has 5 nitrogen and oxygen atoms in total. The SMILES string of the molecule is CN1CC[C@H](N2C(=O)CSC2=O)[C@@H](O)C1. The third-order valence-corrected chi connectivity index (χ3v) is 3.70. The summed E-state index contributed by atoms with van der Waals surface area (Å²) in [4.78, 5) is 26.2. The number of carbonyl (C=O) groups excluding carboxylic acids is 2. The van der Waals surface area contributed by atoms with E-state index in [2.05, 4.69) is 0 Å². The van der Waals surface area contributed by atoms with E-state index in [-0.39, 0.29) is 22.9 Å². The predicted molar refractivity (Wildman–Crippen MR) is 56.6 cm³/mol. The highest BCUT2D eigenvalue weighted by molar-refractivity contribution is 8.14. The van der Waals surface area contributed by atoms with Crippen LogP contribution in [0.5, 0.6) is 0 Å². The van der Waals surface area contributed by atoms with Crippen LogP contribution < -0.4 is 0 Å².